The number of amides is 1. The lowest BCUT2D eigenvalue weighted by molar-refractivity contribution is -0.117. The second kappa shape index (κ2) is 6.43. The van der Waals surface area contributed by atoms with E-state index in [1.807, 2.05) is 12.1 Å². The van der Waals surface area contributed by atoms with E-state index >= 15 is 0 Å². The van der Waals surface area contributed by atoms with E-state index in [0.717, 1.165) is 37.7 Å². The van der Waals surface area contributed by atoms with Crippen LogP contribution in [0.5, 0.6) is 0 Å². The van der Waals surface area contributed by atoms with Crippen molar-refractivity contribution in [3.8, 4) is 0 Å². The van der Waals surface area contributed by atoms with Gasteiger partial charge in [-0.3, -0.25) is 4.79 Å². The highest BCUT2D eigenvalue weighted by molar-refractivity contribution is 5.91. The number of carbonyl (C=O) groups excluding carboxylic acids is 1. The van der Waals surface area contributed by atoms with Crippen molar-refractivity contribution in [1.82, 2.24) is 9.88 Å². The average molecular weight is 290 g/mol. The minimum atomic E-state index is -0.00270. The third-order valence-corrected chi connectivity index (χ3v) is 3.55. The normalized spacial score (nSPS) is 16.9. The van der Waals surface area contributed by atoms with E-state index in [1.165, 1.54) is 0 Å². The minimum Gasteiger partial charge on any atom is -0.354 e. The smallest absolute Gasteiger partial charge is 0.224 e. The van der Waals surface area contributed by atoms with E-state index in [9.17, 15) is 4.79 Å². The maximum absolute atomic E-state index is 11.9. The third kappa shape index (κ3) is 5.01. The molecule has 0 unspecified atom stereocenters. The molecular formula is C16H26N4O. The molecule has 116 valence electrons. The molecule has 0 aliphatic carbocycles. The molecule has 1 saturated heterocycles. The van der Waals surface area contributed by atoms with Gasteiger partial charge in [0, 0.05) is 32.6 Å². The van der Waals surface area contributed by atoms with Crippen molar-refractivity contribution < 1.29 is 4.79 Å². The lowest BCUT2D eigenvalue weighted by Crippen LogP contribution is -2.44. The summed E-state index contributed by atoms with van der Waals surface area (Å²) in [6, 6.07) is 3.92. The molecule has 0 atom stereocenters. The molecule has 5 heteroatoms. The Morgan fingerprint density at radius 1 is 1.24 bits per heavy atom. The lowest BCUT2D eigenvalue weighted by atomic mass is 9.92. The first-order chi connectivity index (χ1) is 9.83. The van der Waals surface area contributed by atoms with E-state index in [2.05, 4.69) is 47.9 Å². The molecule has 0 bridgehead atoms. The van der Waals surface area contributed by atoms with Crippen molar-refractivity contribution in [2.45, 2.75) is 27.2 Å². The first-order valence-corrected chi connectivity index (χ1v) is 7.53. The van der Waals surface area contributed by atoms with E-state index in [1.54, 1.807) is 6.20 Å². The Balaban J connectivity index is 1.91. The summed E-state index contributed by atoms with van der Waals surface area (Å²) in [4.78, 5) is 21.0. The zero-order valence-electron chi connectivity index (χ0n) is 13.5. The number of aromatic nitrogens is 1. The predicted octanol–water partition coefficient (Wildman–Crippen LogP) is 2.21. The predicted molar refractivity (Wildman–Crippen MR) is 86.6 cm³/mol. The molecule has 0 aromatic carbocycles. The second-order valence-electron chi connectivity index (χ2n) is 6.98. The second-order valence-corrected chi connectivity index (χ2v) is 6.98. The van der Waals surface area contributed by atoms with Gasteiger partial charge in [-0.05, 0) is 24.6 Å². The van der Waals surface area contributed by atoms with Gasteiger partial charge in [0.15, 0.2) is 0 Å². The van der Waals surface area contributed by atoms with Gasteiger partial charge in [0.2, 0.25) is 5.91 Å². The van der Waals surface area contributed by atoms with Gasteiger partial charge < -0.3 is 15.1 Å². The van der Waals surface area contributed by atoms with Gasteiger partial charge in [-0.1, -0.05) is 20.8 Å². The summed E-state index contributed by atoms with van der Waals surface area (Å²) >= 11 is 0. The minimum absolute atomic E-state index is 0.00270. The molecule has 1 amide bonds. The fourth-order valence-electron chi connectivity index (χ4n) is 2.37. The Bertz CT molecular complexity index is 470. The zero-order valence-corrected chi connectivity index (χ0v) is 13.5. The summed E-state index contributed by atoms with van der Waals surface area (Å²) in [6.07, 6.45) is 2.25. The summed E-state index contributed by atoms with van der Waals surface area (Å²) in [6.45, 7) is 10.3. The molecule has 1 aromatic heterocycles. The van der Waals surface area contributed by atoms with Crippen LogP contribution in [0.1, 0.15) is 27.2 Å². The van der Waals surface area contributed by atoms with Crippen LogP contribution in [0.15, 0.2) is 18.3 Å². The summed E-state index contributed by atoms with van der Waals surface area (Å²) in [5, 5.41) is 2.91. The Kier molecular flexibility index (Phi) is 4.83. The van der Waals surface area contributed by atoms with Crippen LogP contribution in [-0.2, 0) is 4.79 Å². The average Bonchev–Trinajstić information content (AvgIpc) is 2.38. The van der Waals surface area contributed by atoms with E-state index in [0.29, 0.717) is 6.42 Å². The van der Waals surface area contributed by atoms with E-state index in [-0.39, 0.29) is 11.3 Å². The zero-order chi connectivity index (χ0) is 15.5. The van der Waals surface area contributed by atoms with Crippen molar-refractivity contribution >= 4 is 17.4 Å². The van der Waals surface area contributed by atoms with Gasteiger partial charge in [-0.2, -0.15) is 0 Å². The number of carbonyl (C=O) groups is 1. The molecule has 1 fully saturated rings. The molecule has 0 radical (unpaired) electrons. The van der Waals surface area contributed by atoms with Crippen LogP contribution in [0.2, 0.25) is 0 Å². The van der Waals surface area contributed by atoms with Gasteiger partial charge in [-0.25, -0.2) is 4.98 Å². The molecule has 5 nitrogen and oxygen atoms in total. The highest BCUT2D eigenvalue weighted by atomic mass is 16.1. The molecule has 0 saturated carbocycles. The molecule has 1 aliphatic heterocycles. The van der Waals surface area contributed by atoms with Crippen LogP contribution in [0.4, 0.5) is 11.5 Å². The summed E-state index contributed by atoms with van der Waals surface area (Å²) in [5.41, 5.74) is 0.763. The van der Waals surface area contributed by atoms with Crippen LogP contribution in [0.25, 0.3) is 0 Å². The number of piperazine rings is 1. The molecule has 1 aliphatic rings. The standard InChI is InChI=1S/C16H26N4O/c1-16(2,3)11-15(21)18-13-5-6-14(17-12-13)20-9-7-19(4)8-10-20/h5-6,12H,7-11H2,1-4H3,(H,18,21). The molecule has 2 rings (SSSR count). The van der Waals surface area contributed by atoms with E-state index < -0.39 is 0 Å². The van der Waals surface area contributed by atoms with Crippen LogP contribution >= 0.6 is 0 Å². The topological polar surface area (TPSA) is 48.5 Å². The molecular weight excluding hydrogens is 264 g/mol. The van der Waals surface area contributed by atoms with Crippen molar-refractivity contribution in [2.75, 3.05) is 43.4 Å². The Morgan fingerprint density at radius 3 is 2.43 bits per heavy atom. The van der Waals surface area contributed by atoms with Crippen LogP contribution in [-0.4, -0.2) is 49.0 Å². The van der Waals surface area contributed by atoms with Gasteiger partial charge in [0.1, 0.15) is 5.82 Å². The molecule has 21 heavy (non-hydrogen) atoms. The third-order valence-electron chi connectivity index (χ3n) is 3.55. The number of hydrogen-bond acceptors (Lipinski definition) is 4. The SMILES string of the molecule is CN1CCN(c2ccc(NC(=O)CC(C)(C)C)cn2)CC1. The number of anilines is 2. The number of nitrogens with one attached hydrogen (secondary N) is 1. The number of likely N-dealkylation sites (N-methyl/N-ethyl adjacent to an activating group) is 1. The number of nitrogens with zero attached hydrogens (tertiary/aromatic N) is 3. The first-order valence-electron chi connectivity index (χ1n) is 7.53. The molecule has 2 heterocycles. The van der Waals surface area contributed by atoms with Crippen molar-refractivity contribution in [3.63, 3.8) is 0 Å². The monoisotopic (exact) mass is 290 g/mol. The highest BCUT2D eigenvalue weighted by Crippen LogP contribution is 2.20. The largest absolute Gasteiger partial charge is 0.354 e. The van der Waals surface area contributed by atoms with Crippen LogP contribution in [0, 0.1) is 5.41 Å². The molecule has 1 aromatic rings. The van der Waals surface area contributed by atoms with Crippen molar-refractivity contribution in [1.29, 1.82) is 0 Å². The highest BCUT2D eigenvalue weighted by Gasteiger charge is 2.17. The number of pyridine rings is 1. The van der Waals surface area contributed by atoms with Crippen molar-refractivity contribution in [2.24, 2.45) is 5.41 Å². The summed E-state index contributed by atoms with van der Waals surface area (Å²) < 4.78 is 0. The lowest BCUT2D eigenvalue weighted by Gasteiger charge is -2.33. The Hall–Kier alpha value is -1.62. The maximum Gasteiger partial charge on any atom is 0.224 e. The number of hydrogen-bond donors (Lipinski definition) is 1. The fourth-order valence-corrected chi connectivity index (χ4v) is 2.37. The maximum atomic E-state index is 11.9. The summed E-state index contributed by atoms with van der Waals surface area (Å²) in [5.74, 6) is 1.02. The Morgan fingerprint density at radius 2 is 1.90 bits per heavy atom. The fraction of sp³-hybridized carbons (Fsp3) is 0.625. The quantitative estimate of drug-likeness (QED) is 0.927. The number of rotatable bonds is 3. The molecule has 1 N–H and O–H groups in total. The van der Waals surface area contributed by atoms with Crippen molar-refractivity contribution in [3.05, 3.63) is 18.3 Å². The van der Waals surface area contributed by atoms with E-state index in [4.69, 9.17) is 0 Å². The van der Waals surface area contributed by atoms with Gasteiger partial charge in [-0.15, -0.1) is 0 Å². The van der Waals surface area contributed by atoms with Gasteiger partial charge >= 0.3 is 0 Å². The van der Waals surface area contributed by atoms with Gasteiger partial charge in [0.25, 0.3) is 0 Å². The first kappa shape index (κ1) is 15.8. The van der Waals surface area contributed by atoms with Crippen LogP contribution < -0.4 is 10.2 Å². The van der Waals surface area contributed by atoms with Gasteiger partial charge in [0.05, 0.1) is 11.9 Å². The Labute approximate surface area is 127 Å². The van der Waals surface area contributed by atoms with Crippen LogP contribution in [0.3, 0.4) is 0 Å². The summed E-state index contributed by atoms with van der Waals surface area (Å²) in [7, 11) is 2.14. The molecule has 0 spiro atoms.